The summed E-state index contributed by atoms with van der Waals surface area (Å²) in [5, 5.41) is 7.68. The molecule has 0 radical (unpaired) electrons. The standard InChI is InChI=1S/C27H33N5O2/c1-5-14-30-15-17-31(18-16-30)27(34)23-10-12-24(13-11-23)32-26(28-21(4)33)25(20(3)29-32)22-8-6-19(2)7-9-22/h6-13H,5,14-18H2,1-4H3,(H,28,33). The maximum absolute atomic E-state index is 13.0. The zero-order chi connectivity index (χ0) is 24.2. The number of carbonyl (C=O) groups is 2. The van der Waals surface area contributed by atoms with E-state index in [1.165, 1.54) is 12.5 Å². The van der Waals surface area contributed by atoms with Gasteiger partial charge in [0.15, 0.2) is 0 Å². The summed E-state index contributed by atoms with van der Waals surface area (Å²) in [6.07, 6.45) is 1.13. The Morgan fingerprint density at radius 1 is 0.941 bits per heavy atom. The zero-order valence-electron chi connectivity index (χ0n) is 20.5. The average molecular weight is 460 g/mol. The third kappa shape index (κ3) is 5.04. The van der Waals surface area contributed by atoms with Gasteiger partial charge in [0.2, 0.25) is 5.91 Å². The third-order valence-corrected chi connectivity index (χ3v) is 6.25. The predicted octanol–water partition coefficient (Wildman–Crippen LogP) is 4.28. The van der Waals surface area contributed by atoms with Crippen molar-refractivity contribution in [3.63, 3.8) is 0 Å². The van der Waals surface area contributed by atoms with Crippen molar-refractivity contribution in [2.75, 3.05) is 38.0 Å². The molecule has 0 aliphatic carbocycles. The number of hydrogen-bond acceptors (Lipinski definition) is 4. The summed E-state index contributed by atoms with van der Waals surface area (Å²) in [6, 6.07) is 15.6. The van der Waals surface area contributed by atoms with Gasteiger partial charge in [0, 0.05) is 44.2 Å². The monoisotopic (exact) mass is 459 g/mol. The number of benzene rings is 2. The summed E-state index contributed by atoms with van der Waals surface area (Å²) < 4.78 is 1.74. The molecule has 1 aromatic heterocycles. The molecule has 0 unspecified atom stereocenters. The fourth-order valence-electron chi connectivity index (χ4n) is 4.48. The second-order valence-electron chi connectivity index (χ2n) is 8.95. The topological polar surface area (TPSA) is 70.5 Å². The normalized spacial score (nSPS) is 14.3. The van der Waals surface area contributed by atoms with Gasteiger partial charge in [-0.05, 0) is 56.6 Å². The molecule has 3 aromatic rings. The first-order chi connectivity index (χ1) is 16.4. The maximum atomic E-state index is 13.0. The van der Waals surface area contributed by atoms with E-state index in [4.69, 9.17) is 5.10 Å². The third-order valence-electron chi connectivity index (χ3n) is 6.25. The number of nitrogens with one attached hydrogen (secondary N) is 1. The van der Waals surface area contributed by atoms with Crippen molar-refractivity contribution in [1.29, 1.82) is 0 Å². The van der Waals surface area contributed by atoms with Crippen LogP contribution >= 0.6 is 0 Å². The van der Waals surface area contributed by atoms with E-state index in [-0.39, 0.29) is 11.8 Å². The van der Waals surface area contributed by atoms with Gasteiger partial charge in [0.1, 0.15) is 5.82 Å². The summed E-state index contributed by atoms with van der Waals surface area (Å²) >= 11 is 0. The summed E-state index contributed by atoms with van der Waals surface area (Å²) in [4.78, 5) is 29.4. The van der Waals surface area contributed by atoms with Crippen LogP contribution < -0.4 is 5.32 Å². The van der Waals surface area contributed by atoms with Gasteiger partial charge >= 0.3 is 0 Å². The van der Waals surface area contributed by atoms with E-state index >= 15 is 0 Å². The van der Waals surface area contributed by atoms with Crippen LogP contribution in [0.1, 0.15) is 41.9 Å². The molecule has 34 heavy (non-hydrogen) atoms. The van der Waals surface area contributed by atoms with Crippen LogP contribution in [-0.2, 0) is 4.79 Å². The van der Waals surface area contributed by atoms with Crippen molar-refractivity contribution in [2.45, 2.75) is 34.1 Å². The fraction of sp³-hybridized carbons (Fsp3) is 0.370. The van der Waals surface area contributed by atoms with E-state index in [2.05, 4.69) is 17.1 Å². The molecule has 7 heteroatoms. The molecule has 4 rings (SSSR count). The van der Waals surface area contributed by atoms with Crippen LogP contribution in [0.3, 0.4) is 0 Å². The molecule has 1 N–H and O–H groups in total. The van der Waals surface area contributed by atoms with Gasteiger partial charge in [-0.2, -0.15) is 5.10 Å². The SMILES string of the molecule is CCCN1CCN(C(=O)c2ccc(-n3nc(C)c(-c4ccc(C)cc4)c3NC(C)=O)cc2)CC1. The summed E-state index contributed by atoms with van der Waals surface area (Å²) in [5.41, 5.74) is 5.32. The second kappa shape index (κ2) is 10.2. The minimum absolute atomic E-state index is 0.0572. The van der Waals surface area contributed by atoms with Gasteiger partial charge < -0.3 is 10.2 Å². The van der Waals surface area contributed by atoms with Crippen LogP contribution in [-0.4, -0.2) is 64.1 Å². The molecule has 0 saturated carbocycles. The quantitative estimate of drug-likeness (QED) is 0.597. The number of anilines is 1. The van der Waals surface area contributed by atoms with E-state index in [9.17, 15) is 9.59 Å². The molecule has 7 nitrogen and oxygen atoms in total. The van der Waals surface area contributed by atoms with Crippen LogP contribution in [0.4, 0.5) is 5.82 Å². The lowest BCUT2D eigenvalue weighted by molar-refractivity contribution is -0.114. The highest BCUT2D eigenvalue weighted by atomic mass is 16.2. The molecular formula is C27H33N5O2. The number of aromatic nitrogens is 2. The van der Waals surface area contributed by atoms with Crippen LogP contribution in [0.2, 0.25) is 0 Å². The lowest BCUT2D eigenvalue weighted by atomic mass is 10.0. The number of nitrogens with zero attached hydrogens (tertiary/aromatic N) is 4. The van der Waals surface area contributed by atoms with Gasteiger partial charge in [-0.3, -0.25) is 14.5 Å². The van der Waals surface area contributed by atoms with Gasteiger partial charge in [-0.25, -0.2) is 4.68 Å². The predicted molar refractivity (Wildman–Crippen MR) is 135 cm³/mol. The number of aryl methyl sites for hydroxylation is 2. The van der Waals surface area contributed by atoms with E-state index in [1.54, 1.807) is 4.68 Å². The molecule has 1 aliphatic heterocycles. The Bertz CT molecular complexity index is 1160. The minimum atomic E-state index is -0.163. The van der Waals surface area contributed by atoms with E-state index in [0.29, 0.717) is 11.4 Å². The van der Waals surface area contributed by atoms with Crippen molar-refractivity contribution < 1.29 is 9.59 Å². The number of carbonyl (C=O) groups excluding carboxylic acids is 2. The Labute approximate surface area is 201 Å². The van der Waals surface area contributed by atoms with E-state index in [1.807, 2.05) is 67.3 Å². The Morgan fingerprint density at radius 3 is 2.18 bits per heavy atom. The Balaban J connectivity index is 1.60. The van der Waals surface area contributed by atoms with E-state index < -0.39 is 0 Å². The Kier molecular flexibility index (Phi) is 7.12. The molecule has 2 heterocycles. The van der Waals surface area contributed by atoms with Crippen molar-refractivity contribution in [3.8, 4) is 16.8 Å². The van der Waals surface area contributed by atoms with Crippen molar-refractivity contribution in [3.05, 3.63) is 65.4 Å². The van der Waals surface area contributed by atoms with Crippen LogP contribution in [0, 0.1) is 13.8 Å². The first-order valence-electron chi connectivity index (χ1n) is 11.9. The number of amides is 2. The molecule has 0 spiro atoms. The highest BCUT2D eigenvalue weighted by Gasteiger charge is 2.23. The second-order valence-corrected chi connectivity index (χ2v) is 8.95. The highest BCUT2D eigenvalue weighted by Crippen LogP contribution is 2.33. The number of piperazine rings is 1. The average Bonchev–Trinajstić information content (AvgIpc) is 3.15. The molecule has 0 bridgehead atoms. The molecule has 1 saturated heterocycles. The van der Waals surface area contributed by atoms with Crippen molar-refractivity contribution in [2.24, 2.45) is 0 Å². The van der Waals surface area contributed by atoms with Crippen LogP contribution in [0.5, 0.6) is 0 Å². The molecule has 2 aromatic carbocycles. The molecule has 178 valence electrons. The first-order valence-corrected chi connectivity index (χ1v) is 11.9. The van der Waals surface area contributed by atoms with Crippen molar-refractivity contribution >= 4 is 17.6 Å². The fourth-order valence-corrected chi connectivity index (χ4v) is 4.48. The molecule has 1 fully saturated rings. The maximum Gasteiger partial charge on any atom is 0.253 e. The smallest absolute Gasteiger partial charge is 0.253 e. The van der Waals surface area contributed by atoms with Gasteiger partial charge in [-0.15, -0.1) is 0 Å². The van der Waals surface area contributed by atoms with Gasteiger partial charge in [-0.1, -0.05) is 36.8 Å². The summed E-state index contributed by atoms with van der Waals surface area (Å²) in [7, 11) is 0. The molecule has 1 aliphatic rings. The minimum Gasteiger partial charge on any atom is -0.336 e. The molecule has 2 amide bonds. The van der Waals surface area contributed by atoms with Gasteiger partial charge in [0.25, 0.3) is 5.91 Å². The Hall–Kier alpha value is -3.45. The number of rotatable bonds is 6. The van der Waals surface area contributed by atoms with E-state index in [0.717, 1.165) is 61.7 Å². The largest absolute Gasteiger partial charge is 0.336 e. The number of hydrogen-bond donors (Lipinski definition) is 1. The van der Waals surface area contributed by atoms with Crippen LogP contribution in [0.25, 0.3) is 16.8 Å². The zero-order valence-corrected chi connectivity index (χ0v) is 20.5. The lowest BCUT2D eigenvalue weighted by Gasteiger charge is -2.34. The first kappa shape index (κ1) is 23.7. The molecule has 0 atom stereocenters. The molecular weight excluding hydrogens is 426 g/mol. The Morgan fingerprint density at radius 2 is 1.59 bits per heavy atom. The summed E-state index contributed by atoms with van der Waals surface area (Å²) in [5.74, 6) is 0.519. The van der Waals surface area contributed by atoms with Gasteiger partial charge in [0.05, 0.1) is 11.4 Å². The van der Waals surface area contributed by atoms with Crippen molar-refractivity contribution in [1.82, 2.24) is 19.6 Å². The highest BCUT2D eigenvalue weighted by molar-refractivity contribution is 5.95. The lowest BCUT2D eigenvalue weighted by Crippen LogP contribution is -2.48. The summed E-state index contributed by atoms with van der Waals surface area (Å²) in [6.45, 7) is 12.1. The van der Waals surface area contributed by atoms with Crippen LogP contribution in [0.15, 0.2) is 48.5 Å².